The van der Waals surface area contributed by atoms with E-state index >= 15 is 0 Å². The van der Waals surface area contributed by atoms with Gasteiger partial charge in [-0.05, 0) is 12.5 Å². The summed E-state index contributed by atoms with van der Waals surface area (Å²) in [4.78, 5) is 21.6. The zero-order chi connectivity index (χ0) is 9.30. The number of hydrogen-bond acceptors (Lipinski definition) is 4. The zero-order valence-electron chi connectivity index (χ0n) is 6.46. The smallest absolute Gasteiger partial charge is 0.259 e. The molecular formula is C7H8N2O2S. The third kappa shape index (κ3) is 1.18. The van der Waals surface area contributed by atoms with Gasteiger partial charge in [-0.1, -0.05) is 0 Å². The molecule has 0 radical (unpaired) electrons. The van der Waals surface area contributed by atoms with Gasteiger partial charge in [0, 0.05) is 0 Å². The van der Waals surface area contributed by atoms with E-state index in [4.69, 9.17) is 11.5 Å². The van der Waals surface area contributed by atoms with Crippen LogP contribution in [0.4, 0.5) is 5.00 Å². The Morgan fingerprint density at radius 2 is 2.17 bits per heavy atom. The van der Waals surface area contributed by atoms with Crippen molar-refractivity contribution in [3.05, 3.63) is 16.0 Å². The highest BCUT2D eigenvalue weighted by Crippen LogP contribution is 2.28. The molecular weight excluding hydrogens is 176 g/mol. The summed E-state index contributed by atoms with van der Waals surface area (Å²) in [6, 6.07) is 0. The number of hydrogen-bond donors (Lipinski definition) is 2. The second-order valence-corrected chi connectivity index (χ2v) is 3.37. The average molecular weight is 184 g/mol. The normalized spacial score (nSPS) is 9.75. The molecule has 1 aromatic rings. The molecule has 1 aromatic heterocycles. The molecule has 5 heteroatoms. The van der Waals surface area contributed by atoms with Crippen LogP contribution in [0.2, 0.25) is 0 Å². The minimum absolute atomic E-state index is 0.344. The SMILES string of the molecule is Cc1c(C(N)=O)sc(N)c1C=O. The van der Waals surface area contributed by atoms with E-state index in [9.17, 15) is 9.59 Å². The van der Waals surface area contributed by atoms with E-state index in [1.165, 1.54) is 0 Å². The Morgan fingerprint density at radius 3 is 2.42 bits per heavy atom. The number of carbonyl (C=O) groups excluding carboxylic acids is 2. The topological polar surface area (TPSA) is 86.2 Å². The maximum absolute atomic E-state index is 10.8. The molecule has 0 saturated carbocycles. The number of aldehydes is 1. The lowest BCUT2D eigenvalue weighted by atomic mass is 10.2. The lowest BCUT2D eigenvalue weighted by molar-refractivity contribution is 0.100. The number of primary amides is 1. The van der Waals surface area contributed by atoms with Gasteiger partial charge in [0.25, 0.3) is 5.91 Å². The highest BCUT2D eigenvalue weighted by atomic mass is 32.1. The van der Waals surface area contributed by atoms with Gasteiger partial charge in [-0.25, -0.2) is 0 Å². The first kappa shape index (κ1) is 8.73. The zero-order valence-corrected chi connectivity index (χ0v) is 7.27. The summed E-state index contributed by atoms with van der Waals surface area (Å²) in [6.45, 7) is 1.65. The predicted octanol–water partition coefficient (Wildman–Crippen LogP) is 0.550. The van der Waals surface area contributed by atoms with Gasteiger partial charge in [-0.3, -0.25) is 9.59 Å². The van der Waals surface area contributed by atoms with Crippen LogP contribution < -0.4 is 11.5 Å². The number of carbonyl (C=O) groups is 2. The van der Waals surface area contributed by atoms with Crippen molar-refractivity contribution in [3.8, 4) is 0 Å². The summed E-state index contributed by atoms with van der Waals surface area (Å²) in [5.74, 6) is -0.544. The molecule has 0 aliphatic heterocycles. The van der Waals surface area contributed by atoms with Crippen molar-refractivity contribution < 1.29 is 9.59 Å². The number of rotatable bonds is 2. The van der Waals surface area contributed by atoms with Gasteiger partial charge in [0.15, 0.2) is 6.29 Å². The molecule has 0 saturated heterocycles. The average Bonchev–Trinajstić information content (AvgIpc) is 2.27. The monoisotopic (exact) mass is 184 g/mol. The second kappa shape index (κ2) is 2.94. The molecule has 4 nitrogen and oxygen atoms in total. The fourth-order valence-corrected chi connectivity index (χ4v) is 1.82. The third-order valence-electron chi connectivity index (χ3n) is 1.56. The molecule has 4 N–H and O–H groups in total. The molecule has 0 atom stereocenters. The molecule has 12 heavy (non-hydrogen) atoms. The second-order valence-electron chi connectivity index (χ2n) is 2.32. The van der Waals surface area contributed by atoms with E-state index in [0.29, 0.717) is 27.3 Å². The lowest BCUT2D eigenvalue weighted by Gasteiger charge is -1.90. The molecule has 0 fully saturated rings. The van der Waals surface area contributed by atoms with Gasteiger partial charge in [0.1, 0.15) is 0 Å². The highest BCUT2D eigenvalue weighted by molar-refractivity contribution is 7.18. The molecule has 0 spiro atoms. The van der Waals surface area contributed by atoms with Gasteiger partial charge in [-0.15, -0.1) is 11.3 Å². The number of nitrogen functional groups attached to an aromatic ring is 1. The van der Waals surface area contributed by atoms with E-state index in [1.54, 1.807) is 6.92 Å². The highest BCUT2D eigenvalue weighted by Gasteiger charge is 2.15. The van der Waals surface area contributed by atoms with Crippen molar-refractivity contribution >= 4 is 28.5 Å². The molecule has 0 aliphatic carbocycles. The van der Waals surface area contributed by atoms with Crippen molar-refractivity contribution in [2.75, 3.05) is 5.73 Å². The van der Waals surface area contributed by atoms with E-state index in [1.807, 2.05) is 0 Å². The Kier molecular flexibility index (Phi) is 2.14. The molecule has 0 aliphatic rings. The molecule has 1 rings (SSSR count). The van der Waals surface area contributed by atoms with E-state index in [0.717, 1.165) is 11.3 Å². The Bertz CT molecular complexity index is 343. The van der Waals surface area contributed by atoms with E-state index in [2.05, 4.69) is 0 Å². The van der Waals surface area contributed by atoms with Gasteiger partial charge in [-0.2, -0.15) is 0 Å². The van der Waals surface area contributed by atoms with Crippen molar-refractivity contribution in [2.45, 2.75) is 6.92 Å². The number of nitrogens with two attached hydrogens (primary N) is 2. The van der Waals surface area contributed by atoms with Crippen molar-refractivity contribution in [3.63, 3.8) is 0 Å². The fourth-order valence-electron chi connectivity index (χ4n) is 0.930. The quantitative estimate of drug-likeness (QED) is 0.658. The van der Waals surface area contributed by atoms with Gasteiger partial charge < -0.3 is 11.5 Å². The molecule has 64 valence electrons. The number of thiophene rings is 1. The largest absolute Gasteiger partial charge is 0.390 e. The summed E-state index contributed by atoms with van der Waals surface area (Å²) in [6.07, 6.45) is 0.633. The minimum Gasteiger partial charge on any atom is -0.390 e. The Morgan fingerprint density at radius 1 is 1.58 bits per heavy atom. The summed E-state index contributed by atoms with van der Waals surface area (Å²) in [5.41, 5.74) is 11.5. The molecule has 0 bridgehead atoms. The molecule has 1 heterocycles. The van der Waals surface area contributed by atoms with Crippen LogP contribution in [-0.4, -0.2) is 12.2 Å². The van der Waals surface area contributed by atoms with Gasteiger partial charge >= 0.3 is 0 Å². The van der Waals surface area contributed by atoms with Crippen molar-refractivity contribution in [2.24, 2.45) is 5.73 Å². The maximum atomic E-state index is 10.8. The summed E-state index contributed by atoms with van der Waals surface area (Å²) < 4.78 is 0. The van der Waals surface area contributed by atoms with Crippen molar-refractivity contribution in [1.82, 2.24) is 0 Å². The van der Waals surface area contributed by atoms with Crippen LogP contribution in [-0.2, 0) is 0 Å². The predicted molar refractivity (Wildman–Crippen MR) is 47.4 cm³/mol. The molecule has 1 amide bonds. The van der Waals surface area contributed by atoms with Crippen LogP contribution in [0.1, 0.15) is 25.6 Å². The van der Waals surface area contributed by atoms with Crippen molar-refractivity contribution in [1.29, 1.82) is 0 Å². The van der Waals surface area contributed by atoms with Crippen LogP contribution in [0.3, 0.4) is 0 Å². The standard InChI is InChI=1S/C7H8N2O2S/c1-3-4(2-10)7(9)12-5(3)6(8)11/h2H,9H2,1H3,(H2,8,11). The number of anilines is 1. The lowest BCUT2D eigenvalue weighted by Crippen LogP contribution is -2.10. The van der Waals surface area contributed by atoms with Gasteiger partial charge in [0.05, 0.1) is 15.4 Å². The fraction of sp³-hybridized carbons (Fsp3) is 0.143. The number of amides is 1. The van der Waals surface area contributed by atoms with Crippen LogP contribution in [0, 0.1) is 6.92 Å². The van der Waals surface area contributed by atoms with Crippen LogP contribution in [0.15, 0.2) is 0 Å². The van der Waals surface area contributed by atoms with Crippen LogP contribution in [0.25, 0.3) is 0 Å². The summed E-state index contributed by atoms with van der Waals surface area (Å²) in [7, 11) is 0. The maximum Gasteiger partial charge on any atom is 0.259 e. The first-order valence-electron chi connectivity index (χ1n) is 3.21. The molecule has 0 aromatic carbocycles. The first-order valence-corrected chi connectivity index (χ1v) is 4.03. The minimum atomic E-state index is -0.544. The third-order valence-corrected chi connectivity index (χ3v) is 2.72. The summed E-state index contributed by atoms with van der Waals surface area (Å²) in [5, 5.41) is 0.344. The van der Waals surface area contributed by atoms with E-state index < -0.39 is 5.91 Å². The Balaban J connectivity index is 3.35. The van der Waals surface area contributed by atoms with E-state index in [-0.39, 0.29) is 0 Å². The first-order chi connectivity index (χ1) is 5.57. The summed E-state index contributed by atoms with van der Waals surface area (Å²) >= 11 is 1.05. The molecule has 0 unspecified atom stereocenters. The van der Waals surface area contributed by atoms with Gasteiger partial charge in [0.2, 0.25) is 0 Å². The Labute approximate surface area is 73.2 Å². The Hall–Kier alpha value is -1.36. The van der Waals surface area contributed by atoms with Crippen LogP contribution in [0.5, 0.6) is 0 Å². The van der Waals surface area contributed by atoms with Crippen LogP contribution >= 0.6 is 11.3 Å².